The van der Waals surface area contributed by atoms with E-state index >= 15 is 0 Å². The molecule has 2 aromatic heterocycles. The molecule has 2 heterocycles. The minimum Gasteiger partial charge on any atom is -0.335 e. The molecule has 2 aromatic carbocycles. The van der Waals surface area contributed by atoms with E-state index in [1.165, 1.54) is 28.6 Å². The van der Waals surface area contributed by atoms with Crippen LogP contribution in [0.2, 0.25) is 0 Å². The van der Waals surface area contributed by atoms with E-state index in [9.17, 15) is 9.18 Å². The number of hydrogen-bond acceptors (Lipinski definition) is 6. The van der Waals surface area contributed by atoms with Crippen molar-refractivity contribution in [2.45, 2.75) is 19.0 Å². The number of nitrogens with one attached hydrogen (secondary N) is 2. The number of rotatable bonds is 6. The lowest BCUT2D eigenvalue weighted by Gasteiger charge is -2.10. The van der Waals surface area contributed by atoms with E-state index in [-0.39, 0.29) is 17.5 Å². The van der Waals surface area contributed by atoms with Crippen LogP contribution in [0.1, 0.15) is 11.1 Å². The molecule has 158 valence electrons. The molecular formula is C21H20FN7OS. The fraction of sp³-hybridized carbons (Fsp3) is 0.143. The molecule has 0 bridgehead atoms. The molecule has 0 aliphatic rings. The first kappa shape index (κ1) is 20.6. The lowest BCUT2D eigenvalue weighted by atomic mass is 10.1. The Balaban J connectivity index is 1.43. The molecule has 8 nitrogen and oxygen atoms in total. The van der Waals surface area contributed by atoms with Crippen LogP contribution in [0, 0.1) is 19.7 Å². The Morgan fingerprint density at radius 3 is 2.74 bits per heavy atom. The predicted octanol–water partition coefficient (Wildman–Crippen LogP) is 3.54. The Morgan fingerprint density at radius 1 is 1.19 bits per heavy atom. The highest BCUT2D eigenvalue weighted by atomic mass is 32.2. The first-order valence-electron chi connectivity index (χ1n) is 9.43. The van der Waals surface area contributed by atoms with E-state index in [2.05, 4.69) is 25.7 Å². The lowest BCUT2D eigenvalue weighted by Crippen LogP contribution is -2.17. The maximum Gasteiger partial charge on any atom is 0.234 e. The molecule has 0 saturated carbocycles. The summed E-state index contributed by atoms with van der Waals surface area (Å²) >= 11 is 1.18. The number of benzene rings is 2. The Bertz CT molecular complexity index is 1230. The third kappa shape index (κ3) is 4.43. The molecule has 4 aromatic rings. The molecule has 0 atom stereocenters. The topological polar surface area (TPSA) is 115 Å². The summed E-state index contributed by atoms with van der Waals surface area (Å²) in [6.45, 7) is 3.96. The maximum atomic E-state index is 13.1. The van der Waals surface area contributed by atoms with Gasteiger partial charge in [-0.2, -0.15) is 5.10 Å². The summed E-state index contributed by atoms with van der Waals surface area (Å²) in [5.74, 6) is 6.15. The van der Waals surface area contributed by atoms with Crippen molar-refractivity contribution >= 4 is 23.4 Å². The number of thioether (sulfide) groups is 1. The summed E-state index contributed by atoms with van der Waals surface area (Å²) in [5.41, 5.74) is 4.86. The van der Waals surface area contributed by atoms with E-state index in [4.69, 9.17) is 5.84 Å². The smallest absolute Gasteiger partial charge is 0.234 e. The predicted molar refractivity (Wildman–Crippen MR) is 118 cm³/mol. The second kappa shape index (κ2) is 8.60. The minimum atomic E-state index is -0.315. The molecule has 0 saturated heterocycles. The van der Waals surface area contributed by atoms with Crippen molar-refractivity contribution in [1.82, 2.24) is 25.1 Å². The summed E-state index contributed by atoms with van der Waals surface area (Å²) < 4.78 is 14.4. The highest BCUT2D eigenvalue weighted by molar-refractivity contribution is 7.99. The molecule has 0 aliphatic heterocycles. The second-order valence-corrected chi connectivity index (χ2v) is 7.88. The summed E-state index contributed by atoms with van der Waals surface area (Å²) in [6.07, 6.45) is 0. The molecule has 0 unspecified atom stereocenters. The molecular weight excluding hydrogens is 417 g/mol. The van der Waals surface area contributed by atoms with Gasteiger partial charge in [0.25, 0.3) is 0 Å². The van der Waals surface area contributed by atoms with Crippen molar-refractivity contribution in [3.8, 4) is 22.8 Å². The fourth-order valence-corrected chi connectivity index (χ4v) is 3.62. The number of nitrogen functional groups attached to an aromatic ring is 1. The first-order valence-corrected chi connectivity index (χ1v) is 10.4. The third-order valence-electron chi connectivity index (χ3n) is 4.83. The SMILES string of the molecule is Cc1cccc(NC(=O)CSc2nnc(-c3cc(-c4ccc(F)cc4)n[nH]3)n2N)c1C. The van der Waals surface area contributed by atoms with Crippen molar-refractivity contribution in [3.05, 3.63) is 65.5 Å². The van der Waals surface area contributed by atoms with Gasteiger partial charge in [0, 0.05) is 11.3 Å². The van der Waals surface area contributed by atoms with Crippen LogP contribution in [-0.4, -0.2) is 36.7 Å². The molecule has 0 fully saturated rings. The first-order chi connectivity index (χ1) is 14.9. The molecule has 4 rings (SSSR count). The van der Waals surface area contributed by atoms with Crippen molar-refractivity contribution in [2.75, 3.05) is 16.9 Å². The van der Waals surface area contributed by atoms with Crippen molar-refractivity contribution < 1.29 is 9.18 Å². The van der Waals surface area contributed by atoms with Gasteiger partial charge in [-0.25, -0.2) is 9.07 Å². The van der Waals surface area contributed by atoms with Crippen LogP contribution >= 0.6 is 11.8 Å². The van der Waals surface area contributed by atoms with Gasteiger partial charge in [0.1, 0.15) is 11.5 Å². The van der Waals surface area contributed by atoms with Gasteiger partial charge in [0.2, 0.25) is 16.9 Å². The van der Waals surface area contributed by atoms with Crippen LogP contribution < -0.4 is 11.2 Å². The number of carbonyl (C=O) groups excluding carboxylic acids is 1. The molecule has 10 heteroatoms. The maximum absolute atomic E-state index is 13.1. The number of carbonyl (C=O) groups is 1. The number of nitrogens with two attached hydrogens (primary N) is 1. The number of anilines is 1. The number of aromatic nitrogens is 5. The summed E-state index contributed by atoms with van der Waals surface area (Å²) in [4.78, 5) is 12.3. The lowest BCUT2D eigenvalue weighted by molar-refractivity contribution is -0.113. The largest absolute Gasteiger partial charge is 0.335 e. The van der Waals surface area contributed by atoms with Gasteiger partial charge in [0.05, 0.1) is 11.4 Å². The Morgan fingerprint density at radius 2 is 1.97 bits per heavy atom. The van der Waals surface area contributed by atoms with Gasteiger partial charge < -0.3 is 11.2 Å². The molecule has 0 spiro atoms. The number of nitrogens with zero attached hydrogens (tertiary/aromatic N) is 4. The van der Waals surface area contributed by atoms with E-state index in [1.807, 2.05) is 32.0 Å². The monoisotopic (exact) mass is 437 g/mol. The quantitative estimate of drug-likeness (QED) is 0.314. The van der Waals surface area contributed by atoms with Gasteiger partial charge in [-0.1, -0.05) is 23.9 Å². The van der Waals surface area contributed by atoms with Gasteiger partial charge in [-0.15, -0.1) is 10.2 Å². The van der Waals surface area contributed by atoms with Crippen molar-refractivity contribution in [3.63, 3.8) is 0 Å². The Hall–Kier alpha value is -3.66. The summed E-state index contributed by atoms with van der Waals surface area (Å²) in [6, 6.07) is 13.5. The van der Waals surface area contributed by atoms with Gasteiger partial charge in [-0.05, 0) is 61.4 Å². The third-order valence-corrected chi connectivity index (χ3v) is 5.78. The zero-order valence-electron chi connectivity index (χ0n) is 16.9. The highest BCUT2D eigenvalue weighted by Crippen LogP contribution is 2.25. The van der Waals surface area contributed by atoms with Crippen LogP contribution in [0.5, 0.6) is 0 Å². The highest BCUT2D eigenvalue weighted by Gasteiger charge is 2.16. The van der Waals surface area contributed by atoms with E-state index in [1.54, 1.807) is 18.2 Å². The van der Waals surface area contributed by atoms with Crippen LogP contribution in [0.3, 0.4) is 0 Å². The fourth-order valence-electron chi connectivity index (χ4n) is 2.97. The molecule has 4 N–H and O–H groups in total. The summed E-state index contributed by atoms with van der Waals surface area (Å²) in [7, 11) is 0. The van der Waals surface area contributed by atoms with Gasteiger partial charge in [-0.3, -0.25) is 9.89 Å². The number of aryl methyl sites for hydroxylation is 1. The van der Waals surface area contributed by atoms with Crippen molar-refractivity contribution in [2.24, 2.45) is 0 Å². The molecule has 31 heavy (non-hydrogen) atoms. The molecule has 1 amide bonds. The number of aromatic amines is 1. The molecule has 0 aliphatic carbocycles. The normalized spacial score (nSPS) is 10.9. The second-order valence-electron chi connectivity index (χ2n) is 6.93. The van der Waals surface area contributed by atoms with Crippen LogP contribution in [0.15, 0.2) is 53.7 Å². The van der Waals surface area contributed by atoms with E-state index in [0.29, 0.717) is 22.4 Å². The number of amides is 1. The van der Waals surface area contributed by atoms with Crippen LogP contribution in [-0.2, 0) is 4.79 Å². The van der Waals surface area contributed by atoms with Crippen LogP contribution in [0.25, 0.3) is 22.8 Å². The average molecular weight is 438 g/mol. The number of hydrogen-bond donors (Lipinski definition) is 3. The van der Waals surface area contributed by atoms with Crippen molar-refractivity contribution in [1.29, 1.82) is 0 Å². The Labute approximate surface area is 182 Å². The number of halogens is 1. The average Bonchev–Trinajstić information content (AvgIpc) is 3.37. The van der Waals surface area contributed by atoms with Gasteiger partial charge >= 0.3 is 0 Å². The zero-order chi connectivity index (χ0) is 22.0. The number of H-pyrrole nitrogens is 1. The standard InChI is InChI=1S/C21H20FN7OS/c1-12-4-3-5-16(13(12)2)24-19(30)11-31-21-28-27-20(29(21)23)18-10-17(25-26-18)14-6-8-15(22)9-7-14/h3-10H,11,23H2,1-2H3,(H,24,30)(H,25,26). The Kier molecular flexibility index (Phi) is 5.72. The van der Waals surface area contributed by atoms with E-state index in [0.717, 1.165) is 22.4 Å². The zero-order valence-corrected chi connectivity index (χ0v) is 17.7. The summed E-state index contributed by atoms with van der Waals surface area (Å²) in [5, 5.41) is 18.6. The molecule has 0 radical (unpaired) electrons. The van der Waals surface area contributed by atoms with Gasteiger partial charge in [0.15, 0.2) is 0 Å². The van der Waals surface area contributed by atoms with Crippen LogP contribution in [0.4, 0.5) is 10.1 Å². The van der Waals surface area contributed by atoms with E-state index < -0.39 is 0 Å². The minimum absolute atomic E-state index is 0.131.